The lowest BCUT2D eigenvalue weighted by Crippen LogP contribution is -2.35. The molecule has 1 aliphatic carbocycles. The van der Waals surface area contributed by atoms with E-state index in [-0.39, 0.29) is 11.8 Å². The van der Waals surface area contributed by atoms with Crippen LogP contribution in [0.5, 0.6) is 5.75 Å². The first-order chi connectivity index (χ1) is 10.8. The van der Waals surface area contributed by atoms with E-state index in [9.17, 15) is 4.79 Å². The molecule has 4 nitrogen and oxygen atoms in total. The highest BCUT2D eigenvalue weighted by Gasteiger charge is 2.38. The minimum absolute atomic E-state index is 0.0625. The van der Waals surface area contributed by atoms with E-state index in [0.717, 1.165) is 40.6 Å². The smallest absolute Gasteiger partial charge is 0.173 e. The van der Waals surface area contributed by atoms with Gasteiger partial charge in [-0.1, -0.05) is 23.9 Å². The van der Waals surface area contributed by atoms with Crippen LogP contribution in [-0.4, -0.2) is 23.0 Å². The number of hydrogen-bond acceptors (Lipinski definition) is 5. The van der Waals surface area contributed by atoms with Crippen LogP contribution in [-0.2, 0) is 4.79 Å². The fraction of sp³-hybridized carbons (Fsp3) is 0.294. The third-order valence-corrected chi connectivity index (χ3v) is 5.03. The molecule has 0 aromatic heterocycles. The van der Waals surface area contributed by atoms with Gasteiger partial charge in [0.15, 0.2) is 11.0 Å². The van der Waals surface area contributed by atoms with E-state index in [1.807, 2.05) is 35.9 Å². The number of methoxy groups -OCH3 is 1. The molecule has 0 N–H and O–H groups in total. The van der Waals surface area contributed by atoms with Crippen LogP contribution in [0, 0.1) is 0 Å². The molecule has 22 heavy (non-hydrogen) atoms. The number of ether oxygens (including phenoxy) is 1. The highest BCUT2D eigenvalue weighted by atomic mass is 32.2. The number of ketones is 1. The van der Waals surface area contributed by atoms with Gasteiger partial charge in [0.2, 0.25) is 0 Å². The highest BCUT2D eigenvalue weighted by molar-refractivity contribution is 8.16. The van der Waals surface area contributed by atoms with Crippen molar-refractivity contribution in [1.29, 1.82) is 0 Å². The van der Waals surface area contributed by atoms with Gasteiger partial charge >= 0.3 is 0 Å². The van der Waals surface area contributed by atoms with Gasteiger partial charge in [-0.2, -0.15) is 0 Å². The van der Waals surface area contributed by atoms with Gasteiger partial charge in [0.1, 0.15) is 5.75 Å². The second-order valence-corrected chi connectivity index (χ2v) is 6.39. The first kappa shape index (κ1) is 13.6. The Morgan fingerprint density at radius 1 is 1.27 bits per heavy atom. The Morgan fingerprint density at radius 3 is 2.86 bits per heavy atom. The topological polar surface area (TPSA) is 41.9 Å². The maximum absolute atomic E-state index is 12.5. The first-order valence-corrected chi connectivity index (χ1v) is 8.26. The van der Waals surface area contributed by atoms with Crippen molar-refractivity contribution in [3.63, 3.8) is 0 Å². The molecule has 0 fully saturated rings. The van der Waals surface area contributed by atoms with Gasteiger partial charge in [-0.05, 0) is 35.9 Å². The predicted octanol–water partition coefficient (Wildman–Crippen LogP) is 3.63. The molecule has 0 saturated heterocycles. The van der Waals surface area contributed by atoms with Gasteiger partial charge in [-0.15, -0.1) is 0 Å². The molecule has 0 radical (unpaired) electrons. The number of allylic oxidation sites excluding steroid dienone is 1. The van der Waals surface area contributed by atoms with Crippen molar-refractivity contribution in [3.8, 4) is 5.75 Å². The number of aliphatic imine (C=N–C) groups is 1. The second kappa shape index (κ2) is 5.32. The number of carbonyl (C=O) groups is 1. The lowest BCUT2D eigenvalue weighted by Gasteiger charge is -2.36. The Kier molecular flexibility index (Phi) is 3.30. The van der Waals surface area contributed by atoms with E-state index in [1.165, 1.54) is 0 Å². The van der Waals surface area contributed by atoms with Gasteiger partial charge in [0, 0.05) is 18.2 Å². The van der Waals surface area contributed by atoms with E-state index in [1.54, 1.807) is 18.9 Å². The molecule has 0 amide bonds. The van der Waals surface area contributed by atoms with Crippen molar-refractivity contribution >= 4 is 22.7 Å². The van der Waals surface area contributed by atoms with Crippen molar-refractivity contribution in [1.82, 2.24) is 4.90 Å². The molecule has 5 heteroatoms. The molecule has 2 aliphatic heterocycles. The van der Waals surface area contributed by atoms with E-state index in [4.69, 9.17) is 9.73 Å². The average molecular weight is 312 g/mol. The molecule has 1 unspecified atom stereocenters. The Labute approximate surface area is 133 Å². The average Bonchev–Trinajstić information content (AvgIpc) is 3.01. The Morgan fingerprint density at radius 2 is 2.09 bits per heavy atom. The van der Waals surface area contributed by atoms with Gasteiger partial charge in [0.25, 0.3) is 0 Å². The van der Waals surface area contributed by atoms with Crippen LogP contribution >= 0.6 is 11.8 Å². The molecule has 2 heterocycles. The number of thioether (sulfide) groups is 1. The molecule has 1 atom stereocenters. The number of benzene rings is 1. The standard InChI is InChI=1S/C17H16N2O2S/c1-21-12-7-5-11(6-8-12)16-15-13(3-2-4-14(15)20)18-17-19(16)9-10-22-17/h5-10,16H,2-4H2,1H3. The molecule has 0 saturated carbocycles. The van der Waals surface area contributed by atoms with Crippen LogP contribution in [0.1, 0.15) is 30.9 Å². The maximum Gasteiger partial charge on any atom is 0.173 e. The Balaban J connectivity index is 1.83. The third kappa shape index (κ3) is 2.08. The highest BCUT2D eigenvalue weighted by Crippen LogP contribution is 2.44. The molecule has 4 rings (SSSR count). The fourth-order valence-corrected chi connectivity index (χ4v) is 3.97. The zero-order valence-electron chi connectivity index (χ0n) is 12.3. The summed E-state index contributed by atoms with van der Waals surface area (Å²) in [7, 11) is 1.66. The van der Waals surface area contributed by atoms with Crippen molar-refractivity contribution in [3.05, 3.63) is 52.7 Å². The summed E-state index contributed by atoms with van der Waals surface area (Å²) in [6.07, 6.45) is 4.44. The van der Waals surface area contributed by atoms with E-state index >= 15 is 0 Å². The largest absolute Gasteiger partial charge is 0.497 e. The number of amidine groups is 1. The van der Waals surface area contributed by atoms with Gasteiger partial charge in [-0.25, -0.2) is 4.99 Å². The molecule has 0 bridgehead atoms. The zero-order valence-corrected chi connectivity index (χ0v) is 13.1. The number of nitrogens with zero attached hydrogens (tertiary/aromatic N) is 2. The van der Waals surface area contributed by atoms with Crippen LogP contribution in [0.4, 0.5) is 0 Å². The number of carbonyl (C=O) groups excluding carboxylic acids is 1. The van der Waals surface area contributed by atoms with Crippen LogP contribution in [0.2, 0.25) is 0 Å². The van der Waals surface area contributed by atoms with Crippen LogP contribution in [0.25, 0.3) is 0 Å². The van der Waals surface area contributed by atoms with Crippen LogP contribution < -0.4 is 4.74 Å². The summed E-state index contributed by atoms with van der Waals surface area (Å²) in [5.74, 6) is 1.05. The maximum atomic E-state index is 12.5. The van der Waals surface area contributed by atoms with Crippen LogP contribution in [0.3, 0.4) is 0 Å². The first-order valence-electron chi connectivity index (χ1n) is 7.38. The number of fused-ring (bicyclic) bond motifs is 1. The lowest BCUT2D eigenvalue weighted by atomic mass is 9.85. The van der Waals surface area contributed by atoms with Gasteiger partial charge in [0.05, 0.1) is 18.8 Å². The number of rotatable bonds is 2. The van der Waals surface area contributed by atoms with Crippen molar-refractivity contribution in [2.75, 3.05) is 7.11 Å². The Hall–Kier alpha value is -2.01. The summed E-state index contributed by atoms with van der Waals surface area (Å²) >= 11 is 1.61. The molecule has 112 valence electrons. The minimum Gasteiger partial charge on any atom is -0.497 e. The second-order valence-electron chi connectivity index (χ2n) is 5.52. The number of hydrogen-bond donors (Lipinski definition) is 0. The summed E-state index contributed by atoms with van der Waals surface area (Å²) in [6.45, 7) is 0. The lowest BCUT2D eigenvalue weighted by molar-refractivity contribution is -0.116. The molecule has 0 spiro atoms. The fourth-order valence-electron chi connectivity index (χ4n) is 3.20. The van der Waals surface area contributed by atoms with Gasteiger partial charge < -0.3 is 9.64 Å². The minimum atomic E-state index is -0.0625. The number of Topliss-reactive ketones (excluding diaryl/α,β-unsaturated/α-hetero) is 1. The van der Waals surface area contributed by atoms with E-state index in [2.05, 4.69) is 4.90 Å². The van der Waals surface area contributed by atoms with E-state index < -0.39 is 0 Å². The quantitative estimate of drug-likeness (QED) is 0.836. The summed E-state index contributed by atoms with van der Waals surface area (Å²) < 4.78 is 5.24. The normalized spacial score (nSPS) is 23.3. The summed E-state index contributed by atoms with van der Waals surface area (Å²) in [6, 6.07) is 7.90. The monoisotopic (exact) mass is 312 g/mol. The van der Waals surface area contributed by atoms with Crippen molar-refractivity contribution in [2.45, 2.75) is 25.3 Å². The molecule has 3 aliphatic rings. The zero-order chi connectivity index (χ0) is 15.1. The van der Waals surface area contributed by atoms with Gasteiger partial charge in [-0.3, -0.25) is 4.79 Å². The predicted molar refractivity (Wildman–Crippen MR) is 87.6 cm³/mol. The summed E-state index contributed by atoms with van der Waals surface area (Å²) in [5.41, 5.74) is 2.94. The third-order valence-electron chi connectivity index (χ3n) is 4.26. The van der Waals surface area contributed by atoms with Crippen LogP contribution in [0.15, 0.2) is 52.1 Å². The molecule has 1 aromatic carbocycles. The SMILES string of the molecule is COc1ccc(C2C3=C(CCCC3=O)N=C3SC=CN32)cc1. The Bertz CT molecular complexity index is 719. The molecule has 1 aromatic rings. The molecular weight excluding hydrogens is 296 g/mol. The van der Waals surface area contributed by atoms with Crippen molar-refractivity contribution < 1.29 is 9.53 Å². The summed E-state index contributed by atoms with van der Waals surface area (Å²) in [5, 5.41) is 2.99. The molecular formula is C17H16N2O2S. The van der Waals surface area contributed by atoms with E-state index in [0.29, 0.717) is 6.42 Å². The van der Waals surface area contributed by atoms with Crippen molar-refractivity contribution in [2.24, 2.45) is 4.99 Å². The summed E-state index contributed by atoms with van der Waals surface area (Å²) in [4.78, 5) is 19.3.